The Morgan fingerprint density at radius 1 is 1.03 bits per heavy atom. The molecule has 0 aliphatic heterocycles. The lowest BCUT2D eigenvalue weighted by molar-refractivity contribution is -0.152. The number of nitrogens with one attached hydrogen (secondary N) is 1. The summed E-state index contributed by atoms with van der Waals surface area (Å²) in [4.78, 5) is 28.9. The van der Waals surface area contributed by atoms with Crippen molar-refractivity contribution in [1.29, 1.82) is 0 Å². The van der Waals surface area contributed by atoms with Crippen molar-refractivity contribution >= 4 is 28.9 Å². The molecule has 0 saturated heterocycles. The number of carbonyl (C=O) groups excluding carboxylic acids is 2. The van der Waals surface area contributed by atoms with E-state index >= 15 is 0 Å². The van der Waals surface area contributed by atoms with Crippen molar-refractivity contribution in [2.75, 3.05) is 5.32 Å². The minimum atomic E-state index is -0.885. The van der Waals surface area contributed by atoms with Gasteiger partial charge in [0.1, 0.15) is 5.01 Å². The highest BCUT2D eigenvalue weighted by Gasteiger charge is 2.19. The van der Waals surface area contributed by atoms with Gasteiger partial charge in [0, 0.05) is 16.6 Å². The molecule has 1 aromatic heterocycles. The SMILES string of the molecule is CC(C)c1ccc(-c2nc(CC(=O)O[C@H](C)C(=O)Nc3ccccc3)cs2)cc1. The molecular weight excluding hydrogens is 384 g/mol. The van der Waals surface area contributed by atoms with E-state index in [1.165, 1.54) is 16.9 Å². The summed E-state index contributed by atoms with van der Waals surface area (Å²) in [5, 5.41) is 5.43. The van der Waals surface area contributed by atoms with Gasteiger partial charge in [-0.25, -0.2) is 4.98 Å². The zero-order valence-electron chi connectivity index (χ0n) is 16.7. The number of hydrogen-bond donors (Lipinski definition) is 1. The number of aromatic nitrogens is 1. The number of rotatable bonds is 7. The van der Waals surface area contributed by atoms with Gasteiger partial charge in [0.2, 0.25) is 0 Å². The van der Waals surface area contributed by atoms with Gasteiger partial charge in [-0.3, -0.25) is 9.59 Å². The number of nitrogens with zero attached hydrogens (tertiary/aromatic N) is 1. The van der Waals surface area contributed by atoms with Crippen LogP contribution in [0, 0.1) is 0 Å². The Labute approximate surface area is 174 Å². The highest BCUT2D eigenvalue weighted by molar-refractivity contribution is 7.13. The lowest BCUT2D eigenvalue weighted by Crippen LogP contribution is -2.30. The lowest BCUT2D eigenvalue weighted by atomic mass is 10.0. The van der Waals surface area contributed by atoms with Gasteiger partial charge < -0.3 is 10.1 Å². The standard InChI is InChI=1S/C23H24N2O3S/c1-15(2)17-9-11-18(12-10-17)23-25-20(14-29-23)13-21(26)28-16(3)22(27)24-19-7-5-4-6-8-19/h4-12,14-16H,13H2,1-3H3,(H,24,27)/t16-/m1/s1. The molecule has 0 bridgehead atoms. The molecule has 1 N–H and O–H groups in total. The summed E-state index contributed by atoms with van der Waals surface area (Å²) >= 11 is 1.49. The summed E-state index contributed by atoms with van der Waals surface area (Å²) < 4.78 is 5.26. The molecule has 6 heteroatoms. The van der Waals surface area contributed by atoms with Gasteiger partial charge in [0.25, 0.3) is 5.91 Å². The lowest BCUT2D eigenvalue weighted by Gasteiger charge is -2.13. The molecule has 29 heavy (non-hydrogen) atoms. The van der Waals surface area contributed by atoms with Crippen molar-refractivity contribution in [2.24, 2.45) is 0 Å². The first-order valence-corrected chi connectivity index (χ1v) is 10.4. The Kier molecular flexibility index (Phi) is 6.77. The van der Waals surface area contributed by atoms with E-state index < -0.39 is 12.1 Å². The monoisotopic (exact) mass is 408 g/mol. The summed E-state index contributed by atoms with van der Waals surface area (Å²) in [6.45, 7) is 5.87. The van der Waals surface area contributed by atoms with Crippen molar-refractivity contribution in [1.82, 2.24) is 4.98 Å². The third-order valence-electron chi connectivity index (χ3n) is 4.42. The van der Waals surface area contributed by atoms with Gasteiger partial charge >= 0.3 is 5.97 Å². The Morgan fingerprint density at radius 2 is 1.72 bits per heavy atom. The van der Waals surface area contributed by atoms with Crippen LogP contribution in [-0.2, 0) is 20.7 Å². The van der Waals surface area contributed by atoms with Gasteiger partial charge in [-0.15, -0.1) is 11.3 Å². The minimum Gasteiger partial charge on any atom is -0.452 e. The van der Waals surface area contributed by atoms with Crippen LogP contribution in [0.5, 0.6) is 0 Å². The molecule has 0 unspecified atom stereocenters. The smallest absolute Gasteiger partial charge is 0.312 e. The highest BCUT2D eigenvalue weighted by Crippen LogP contribution is 2.26. The van der Waals surface area contributed by atoms with Crippen LogP contribution in [0.15, 0.2) is 60.0 Å². The van der Waals surface area contributed by atoms with Crippen LogP contribution in [0.2, 0.25) is 0 Å². The van der Waals surface area contributed by atoms with E-state index in [1.807, 2.05) is 35.7 Å². The zero-order valence-corrected chi connectivity index (χ0v) is 17.5. The van der Waals surface area contributed by atoms with Crippen molar-refractivity contribution in [3.8, 4) is 10.6 Å². The second-order valence-corrected chi connectivity index (χ2v) is 7.94. The maximum atomic E-state index is 12.2. The molecule has 1 heterocycles. The highest BCUT2D eigenvalue weighted by atomic mass is 32.1. The van der Waals surface area contributed by atoms with Gasteiger partial charge in [-0.05, 0) is 30.5 Å². The Hall–Kier alpha value is -2.99. The molecule has 5 nitrogen and oxygen atoms in total. The number of benzene rings is 2. The molecule has 0 saturated carbocycles. The van der Waals surface area contributed by atoms with Gasteiger partial charge in [0.15, 0.2) is 6.10 Å². The van der Waals surface area contributed by atoms with Crippen LogP contribution in [0.1, 0.15) is 37.9 Å². The fourth-order valence-corrected chi connectivity index (χ4v) is 3.56. The van der Waals surface area contributed by atoms with Gasteiger partial charge in [0.05, 0.1) is 12.1 Å². The third kappa shape index (κ3) is 5.74. The molecule has 1 amide bonds. The predicted octanol–water partition coefficient (Wildman–Crippen LogP) is 5.05. The summed E-state index contributed by atoms with van der Waals surface area (Å²) in [6, 6.07) is 17.3. The summed E-state index contributed by atoms with van der Waals surface area (Å²) in [6.07, 6.45) is -0.854. The van der Waals surface area contributed by atoms with E-state index in [2.05, 4.69) is 36.3 Å². The Balaban J connectivity index is 1.55. The molecule has 0 radical (unpaired) electrons. The van der Waals surface area contributed by atoms with E-state index in [4.69, 9.17) is 4.74 Å². The zero-order chi connectivity index (χ0) is 20.8. The molecular formula is C23H24N2O3S. The summed E-state index contributed by atoms with van der Waals surface area (Å²) in [5.41, 5.74) is 3.60. The number of ether oxygens (including phenoxy) is 1. The van der Waals surface area contributed by atoms with Crippen LogP contribution >= 0.6 is 11.3 Å². The van der Waals surface area contributed by atoms with E-state index in [0.717, 1.165) is 10.6 Å². The van der Waals surface area contributed by atoms with Crippen molar-refractivity contribution < 1.29 is 14.3 Å². The topological polar surface area (TPSA) is 68.3 Å². The molecule has 1 atom stereocenters. The molecule has 150 valence electrons. The van der Waals surface area contributed by atoms with Crippen molar-refractivity contribution in [3.05, 3.63) is 71.2 Å². The number of esters is 1. The second-order valence-electron chi connectivity index (χ2n) is 7.08. The first-order chi connectivity index (χ1) is 13.9. The molecule has 0 spiro atoms. The minimum absolute atomic E-state index is 0.0313. The normalized spacial score (nSPS) is 11.9. The summed E-state index contributed by atoms with van der Waals surface area (Å²) in [7, 11) is 0. The largest absolute Gasteiger partial charge is 0.452 e. The average molecular weight is 409 g/mol. The van der Waals surface area contributed by atoms with Gasteiger partial charge in [-0.1, -0.05) is 56.3 Å². The molecule has 3 aromatic rings. The first-order valence-electron chi connectivity index (χ1n) is 9.52. The maximum absolute atomic E-state index is 12.2. The molecule has 3 rings (SSSR count). The van der Waals surface area contributed by atoms with Crippen LogP contribution in [0.25, 0.3) is 10.6 Å². The van der Waals surface area contributed by atoms with Crippen LogP contribution in [-0.4, -0.2) is 23.0 Å². The predicted molar refractivity (Wildman–Crippen MR) is 116 cm³/mol. The third-order valence-corrected chi connectivity index (χ3v) is 5.36. The van der Waals surface area contributed by atoms with E-state index in [1.54, 1.807) is 19.1 Å². The average Bonchev–Trinajstić information content (AvgIpc) is 3.17. The quantitative estimate of drug-likeness (QED) is 0.556. The maximum Gasteiger partial charge on any atom is 0.312 e. The summed E-state index contributed by atoms with van der Waals surface area (Å²) in [5.74, 6) is -0.367. The Bertz CT molecular complexity index is 965. The number of amides is 1. The number of hydrogen-bond acceptors (Lipinski definition) is 5. The molecule has 0 aliphatic rings. The number of anilines is 1. The number of para-hydroxylation sites is 1. The second kappa shape index (κ2) is 9.47. The fraction of sp³-hybridized carbons (Fsp3) is 0.261. The van der Waals surface area contributed by atoms with E-state index in [0.29, 0.717) is 17.3 Å². The van der Waals surface area contributed by atoms with E-state index in [-0.39, 0.29) is 12.3 Å². The van der Waals surface area contributed by atoms with Crippen LogP contribution in [0.3, 0.4) is 0 Å². The van der Waals surface area contributed by atoms with Crippen LogP contribution in [0.4, 0.5) is 5.69 Å². The molecule has 0 fully saturated rings. The Morgan fingerprint density at radius 3 is 2.38 bits per heavy atom. The van der Waals surface area contributed by atoms with Crippen LogP contribution < -0.4 is 5.32 Å². The molecule has 0 aliphatic carbocycles. The van der Waals surface area contributed by atoms with Crippen molar-refractivity contribution in [2.45, 2.75) is 39.2 Å². The van der Waals surface area contributed by atoms with Crippen molar-refractivity contribution in [3.63, 3.8) is 0 Å². The fourth-order valence-electron chi connectivity index (χ4n) is 2.74. The molecule has 2 aromatic carbocycles. The first kappa shape index (κ1) is 20.7. The van der Waals surface area contributed by atoms with E-state index in [9.17, 15) is 9.59 Å². The number of thiazole rings is 1. The van der Waals surface area contributed by atoms with Gasteiger partial charge in [-0.2, -0.15) is 0 Å². The number of carbonyl (C=O) groups is 2.